The summed E-state index contributed by atoms with van der Waals surface area (Å²) in [5.74, 6) is -0.249. The topological polar surface area (TPSA) is 49.9 Å². The van der Waals surface area contributed by atoms with E-state index in [2.05, 4.69) is 29.2 Å². The minimum absolute atomic E-state index is 0.212. The van der Waals surface area contributed by atoms with Gasteiger partial charge in [-0.15, -0.1) is 0 Å². The molecular formula is C28H31ClN2O3. The highest BCUT2D eigenvalue weighted by Gasteiger charge is 2.14. The first-order chi connectivity index (χ1) is 16.6. The number of esters is 1. The number of carbonyl (C=O) groups is 2. The molecule has 0 saturated carbocycles. The van der Waals surface area contributed by atoms with Crippen LogP contribution >= 0.6 is 11.6 Å². The second kappa shape index (κ2) is 14.2. The minimum Gasteiger partial charge on any atom is -0.465 e. The molecule has 3 aromatic carbocycles. The molecule has 0 bridgehead atoms. The van der Waals surface area contributed by atoms with Crippen LogP contribution in [0.5, 0.6) is 0 Å². The fraction of sp³-hybridized carbons (Fsp3) is 0.286. The Hall–Kier alpha value is -3.15. The summed E-state index contributed by atoms with van der Waals surface area (Å²) in [6.45, 7) is 2.84. The van der Waals surface area contributed by atoms with Gasteiger partial charge in [0.05, 0.1) is 13.2 Å². The Bertz CT molecular complexity index is 958. The first-order valence-electron chi connectivity index (χ1n) is 11.5. The summed E-state index contributed by atoms with van der Waals surface area (Å²) in [7, 11) is 0. The monoisotopic (exact) mass is 478 g/mol. The van der Waals surface area contributed by atoms with E-state index in [1.54, 1.807) is 4.90 Å². The number of rotatable bonds is 13. The van der Waals surface area contributed by atoms with Gasteiger partial charge in [0.2, 0.25) is 0 Å². The van der Waals surface area contributed by atoms with Gasteiger partial charge < -0.3 is 9.64 Å². The zero-order chi connectivity index (χ0) is 24.0. The molecule has 0 aliphatic carbocycles. The van der Waals surface area contributed by atoms with Crippen LogP contribution in [0.4, 0.5) is 4.79 Å². The second-order valence-corrected chi connectivity index (χ2v) is 8.53. The third kappa shape index (κ3) is 9.38. The van der Waals surface area contributed by atoms with Gasteiger partial charge in [-0.2, -0.15) is 0 Å². The molecule has 0 spiro atoms. The lowest BCUT2D eigenvalue weighted by molar-refractivity contribution is -0.145. The molecule has 0 atom stereocenters. The van der Waals surface area contributed by atoms with Gasteiger partial charge in [-0.05, 0) is 41.1 Å². The smallest absolute Gasteiger partial charge is 0.320 e. The van der Waals surface area contributed by atoms with Crippen molar-refractivity contribution in [2.75, 3.05) is 19.7 Å². The fourth-order valence-electron chi connectivity index (χ4n) is 3.70. The number of halogens is 1. The Kier molecular flexibility index (Phi) is 10.6. The molecule has 34 heavy (non-hydrogen) atoms. The Balaban J connectivity index is 1.43. The highest BCUT2D eigenvalue weighted by molar-refractivity contribution is 6.62. The maximum atomic E-state index is 12.5. The maximum Gasteiger partial charge on any atom is 0.320 e. The summed E-state index contributed by atoms with van der Waals surface area (Å²) in [6, 6.07) is 29.9. The predicted molar refractivity (Wildman–Crippen MR) is 135 cm³/mol. The largest absolute Gasteiger partial charge is 0.465 e. The summed E-state index contributed by atoms with van der Waals surface area (Å²) in [5.41, 5.74) is 3.32. The number of amides is 1. The second-order valence-electron chi connectivity index (χ2n) is 8.20. The van der Waals surface area contributed by atoms with Crippen LogP contribution < -0.4 is 0 Å². The standard InChI is InChI=1S/C28H31ClN2O3/c29-28(33)31(22-26-16-8-3-9-17-26)18-10-11-19-34-27(32)23-30(20-24-12-4-1-5-13-24)21-25-14-6-2-7-15-25/h1-9,12-17H,10-11,18-23H2. The molecule has 6 heteroatoms. The molecule has 1 amide bonds. The zero-order valence-corrected chi connectivity index (χ0v) is 20.1. The number of hydrogen-bond acceptors (Lipinski definition) is 4. The van der Waals surface area contributed by atoms with Crippen LogP contribution in [0.25, 0.3) is 0 Å². The van der Waals surface area contributed by atoms with Crippen LogP contribution in [0.1, 0.15) is 29.5 Å². The SMILES string of the molecule is O=C(CN(Cc1ccccc1)Cc1ccccc1)OCCCCN(Cc1ccccc1)C(=O)Cl. The molecule has 0 aromatic heterocycles. The van der Waals surface area contributed by atoms with E-state index >= 15 is 0 Å². The van der Waals surface area contributed by atoms with Crippen molar-refractivity contribution >= 4 is 22.9 Å². The molecule has 0 heterocycles. The highest BCUT2D eigenvalue weighted by Crippen LogP contribution is 2.11. The summed E-state index contributed by atoms with van der Waals surface area (Å²) >= 11 is 5.74. The number of benzene rings is 3. The number of carbonyl (C=O) groups excluding carboxylic acids is 2. The number of hydrogen-bond donors (Lipinski definition) is 0. The van der Waals surface area contributed by atoms with Gasteiger partial charge in [-0.25, -0.2) is 0 Å². The molecule has 0 N–H and O–H groups in total. The molecule has 0 radical (unpaired) electrons. The molecule has 0 saturated heterocycles. The summed E-state index contributed by atoms with van der Waals surface area (Å²) in [5, 5.41) is -0.474. The van der Waals surface area contributed by atoms with Crippen LogP contribution in [-0.4, -0.2) is 40.8 Å². The van der Waals surface area contributed by atoms with Crippen molar-refractivity contribution in [1.29, 1.82) is 0 Å². The maximum absolute atomic E-state index is 12.5. The van der Waals surface area contributed by atoms with E-state index in [0.717, 1.165) is 16.7 Å². The molecule has 0 fully saturated rings. The number of ether oxygens (including phenoxy) is 1. The van der Waals surface area contributed by atoms with Crippen LogP contribution in [0.2, 0.25) is 0 Å². The number of nitrogens with zero attached hydrogens (tertiary/aromatic N) is 2. The Morgan fingerprint density at radius 1 is 0.676 bits per heavy atom. The normalized spacial score (nSPS) is 10.8. The molecule has 178 valence electrons. The van der Waals surface area contributed by atoms with E-state index in [1.807, 2.05) is 66.7 Å². The van der Waals surface area contributed by atoms with Crippen LogP contribution in [0.15, 0.2) is 91.0 Å². The van der Waals surface area contributed by atoms with E-state index in [-0.39, 0.29) is 12.5 Å². The highest BCUT2D eigenvalue weighted by atomic mass is 35.5. The molecule has 0 aliphatic rings. The van der Waals surface area contributed by atoms with Crippen molar-refractivity contribution in [1.82, 2.24) is 9.80 Å². The first kappa shape index (κ1) is 25.5. The Labute approximate surface area is 206 Å². The van der Waals surface area contributed by atoms with Crippen molar-refractivity contribution in [3.8, 4) is 0 Å². The zero-order valence-electron chi connectivity index (χ0n) is 19.3. The molecule has 0 aliphatic heterocycles. The predicted octanol–water partition coefficient (Wildman–Crippen LogP) is 5.87. The van der Waals surface area contributed by atoms with E-state index < -0.39 is 5.37 Å². The van der Waals surface area contributed by atoms with E-state index in [0.29, 0.717) is 45.6 Å². The van der Waals surface area contributed by atoms with Crippen LogP contribution in [-0.2, 0) is 29.2 Å². The first-order valence-corrected chi connectivity index (χ1v) is 11.9. The molecular weight excluding hydrogens is 448 g/mol. The average molecular weight is 479 g/mol. The Morgan fingerprint density at radius 2 is 1.15 bits per heavy atom. The third-order valence-electron chi connectivity index (χ3n) is 5.40. The Morgan fingerprint density at radius 3 is 1.62 bits per heavy atom. The quantitative estimate of drug-likeness (QED) is 0.133. The van der Waals surface area contributed by atoms with Gasteiger partial charge in [0.15, 0.2) is 0 Å². The van der Waals surface area contributed by atoms with Gasteiger partial charge in [-0.1, -0.05) is 91.0 Å². The van der Waals surface area contributed by atoms with Gasteiger partial charge >= 0.3 is 11.3 Å². The van der Waals surface area contributed by atoms with Crippen molar-refractivity contribution in [2.24, 2.45) is 0 Å². The molecule has 5 nitrogen and oxygen atoms in total. The van der Waals surface area contributed by atoms with Crippen LogP contribution in [0.3, 0.4) is 0 Å². The lowest BCUT2D eigenvalue weighted by atomic mass is 10.1. The van der Waals surface area contributed by atoms with Crippen molar-refractivity contribution in [2.45, 2.75) is 32.5 Å². The van der Waals surface area contributed by atoms with Gasteiger partial charge in [0.1, 0.15) is 0 Å². The van der Waals surface area contributed by atoms with Gasteiger partial charge in [-0.3, -0.25) is 14.5 Å². The van der Waals surface area contributed by atoms with Gasteiger partial charge in [0.25, 0.3) is 0 Å². The fourth-order valence-corrected chi connectivity index (χ4v) is 3.85. The van der Waals surface area contributed by atoms with Gasteiger partial charge in [0, 0.05) is 26.2 Å². The van der Waals surface area contributed by atoms with Crippen molar-refractivity contribution in [3.05, 3.63) is 108 Å². The summed E-state index contributed by atoms with van der Waals surface area (Å²) < 4.78 is 5.49. The van der Waals surface area contributed by atoms with Crippen molar-refractivity contribution < 1.29 is 14.3 Å². The number of unbranched alkanes of at least 4 members (excludes halogenated alkanes) is 1. The van der Waals surface area contributed by atoms with E-state index in [9.17, 15) is 9.59 Å². The summed E-state index contributed by atoms with van der Waals surface area (Å²) in [4.78, 5) is 28.0. The van der Waals surface area contributed by atoms with E-state index in [4.69, 9.17) is 16.3 Å². The molecule has 0 unspecified atom stereocenters. The molecule has 3 rings (SSSR count). The van der Waals surface area contributed by atoms with Crippen molar-refractivity contribution in [3.63, 3.8) is 0 Å². The molecule has 3 aromatic rings. The summed E-state index contributed by atoms with van der Waals surface area (Å²) in [6.07, 6.45) is 1.37. The lowest BCUT2D eigenvalue weighted by Crippen LogP contribution is -2.30. The van der Waals surface area contributed by atoms with Crippen LogP contribution in [0, 0.1) is 0 Å². The average Bonchev–Trinajstić information content (AvgIpc) is 2.85. The van der Waals surface area contributed by atoms with E-state index in [1.165, 1.54) is 0 Å². The lowest BCUT2D eigenvalue weighted by Gasteiger charge is -2.22. The third-order valence-corrected chi connectivity index (χ3v) is 5.64. The minimum atomic E-state index is -0.474.